The molecule has 3 rings (SSSR count). The fourth-order valence-electron chi connectivity index (χ4n) is 1.73. The average Bonchev–Trinajstić information content (AvgIpc) is 2.57. The van der Waals surface area contributed by atoms with Crippen molar-refractivity contribution in [2.24, 2.45) is 0 Å². The highest BCUT2D eigenvalue weighted by atomic mass is 35.5. The lowest BCUT2D eigenvalue weighted by Gasteiger charge is -1.91. The van der Waals surface area contributed by atoms with E-state index in [0.717, 1.165) is 27.0 Å². The molecule has 1 nitrogen and oxygen atoms in total. The summed E-state index contributed by atoms with van der Waals surface area (Å²) >= 11 is 6.12. The summed E-state index contributed by atoms with van der Waals surface area (Å²) in [6.45, 7) is 0. The van der Waals surface area contributed by atoms with E-state index in [1.807, 2.05) is 42.5 Å². The Morgan fingerprint density at radius 3 is 2.06 bits per heavy atom. The fourth-order valence-corrected chi connectivity index (χ4v) is 2.00. The number of furan rings is 1. The molecule has 0 fully saturated rings. The van der Waals surface area contributed by atoms with E-state index < -0.39 is 0 Å². The van der Waals surface area contributed by atoms with Crippen LogP contribution in [0.15, 0.2) is 46.9 Å². The van der Waals surface area contributed by atoms with Gasteiger partial charge in [-0.25, -0.2) is 0 Å². The third-order valence-corrected chi connectivity index (χ3v) is 2.67. The second kappa shape index (κ2) is 7.98. The molecule has 0 aliphatic heterocycles. The monoisotopic (exact) mass is 346 g/mol. The van der Waals surface area contributed by atoms with Gasteiger partial charge in [0.15, 0.2) is 0 Å². The SMILES string of the molecule is Cl.Cl.Cl.Cl.Clc1cccc2oc3ccccc3c12. The lowest BCUT2D eigenvalue weighted by molar-refractivity contribution is 0.669. The Morgan fingerprint density at radius 2 is 1.33 bits per heavy atom. The quantitative estimate of drug-likeness (QED) is 0.491. The molecule has 1 heterocycles. The minimum atomic E-state index is 0. The molecule has 0 N–H and O–H groups in total. The Hall–Kier alpha value is -0.310. The van der Waals surface area contributed by atoms with Gasteiger partial charge in [-0.2, -0.15) is 0 Å². The molecule has 100 valence electrons. The van der Waals surface area contributed by atoms with Crippen LogP contribution in [0.5, 0.6) is 0 Å². The predicted molar refractivity (Wildman–Crippen MR) is 87.7 cm³/mol. The van der Waals surface area contributed by atoms with Crippen LogP contribution in [0.1, 0.15) is 0 Å². The van der Waals surface area contributed by atoms with Gasteiger partial charge in [0, 0.05) is 10.8 Å². The van der Waals surface area contributed by atoms with Crippen molar-refractivity contribution in [3.05, 3.63) is 47.5 Å². The number of halogens is 5. The lowest BCUT2D eigenvalue weighted by Crippen LogP contribution is -1.67. The molecule has 0 saturated heterocycles. The van der Waals surface area contributed by atoms with E-state index in [4.69, 9.17) is 16.0 Å². The molecular formula is C12H11Cl5O. The molecule has 0 amide bonds. The van der Waals surface area contributed by atoms with Gasteiger partial charge in [0.1, 0.15) is 11.2 Å². The molecule has 0 unspecified atom stereocenters. The first-order chi connectivity index (χ1) is 6.86. The van der Waals surface area contributed by atoms with Gasteiger partial charge in [-0.15, -0.1) is 49.6 Å². The third-order valence-electron chi connectivity index (χ3n) is 2.35. The Kier molecular flexibility index (Phi) is 8.87. The van der Waals surface area contributed by atoms with Crippen LogP contribution in [0.4, 0.5) is 0 Å². The maximum atomic E-state index is 6.12. The highest BCUT2D eigenvalue weighted by molar-refractivity contribution is 6.37. The topological polar surface area (TPSA) is 13.1 Å². The first-order valence-corrected chi connectivity index (χ1v) is 4.80. The number of benzene rings is 2. The summed E-state index contributed by atoms with van der Waals surface area (Å²) in [5.41, 5.74) is 1.73. The Labute approximate surface area is 135 Å². The molecule has 0 saturated carbocycles. The van der Waals surface area contributed by atoms with E-state index in [9.17, 15) is 0 Å². The standard InChI is InChI=1S/C12H7ClO.4ClH/c13-9-5-3-7-11-12(9)8-4-1-2-6-10(8)14-11;;;;/h1-7H;4*1H. The number of hydrogen-bond donors (Lipinski definition) is 0. The molecule has 2 aromatic carbocycles. The van der Waals surface area contributed by atoms with E-state index in [1.165, 1.54) is 0 Å². The number of para-hydroxylation sites is 1. The zero-order chi connectivity index (χ0) is 9.54. The van der Waals surface area contributed by atoms with Gasteiger partial charge in [0.2, 0.25) is 0 Å². The molecule has 0 aliphatic carbocycles. The van der Waals surface area contributed by atoms with E-state index in [0.29, 0.717) is 0 Å². The molecule has 0 radical (unpaired) electrons. The first-order valence-electron chi connectivity index (χ1n) is 4.42. The van der Waals surface area contributed by atoms with Crippen molar-refractivity contribution in [1.82, 2.24) is 0 Å². The van der Waals surface area contributed by atoms with Crippen LogP contribution in [0, 0.1) is 0 Å². The van der Waals surface area contributed by atoms with Gasteiger partial charge < -0.3 is 4.42 Å². The number of fused-ring (bicyclic) bond motifs is 3. The Balaban J connectivity index is 0. The van der Waals surface area contributed by atoms with E-state index in [-0.39, 0.29) is 49.6 Å². The maximum Gasteiger partial charge on any atom is 0.136 e. The van der Waals surface area contributed by atoms with Crippen LogP contribution in [-0.2, 0) is 0 Å². The third kappa shape index (κ3) is 3.17. The van der Waals surface area contributed by atoms with Crippen molar-refractivity contribution < 1.29 is 4.42 Å². The minimum Gasteiger partial charge on any atom is -0.456 e. The summed E-state index contributed by atoms with van der Waals surface area (Å²) in [5, 5.41) is 2.82. The predicted octanol–water partition coefficient (Wildman–Crippen LogP) is 5.93. The highest BCUT2D eigenvalue weighted by Crippen LogP contribution is 2.33. The fraction of sp³-hybridized carbons (Fsp3) is 0. The molecule has 18 heavy (non-hydrogen) atoms. The maximum absolute atomic E-state index is 6.12. The molecule has 0 bridgehead atoms. The van der Waals surface area contributed by atoms with Crippen molar-refractivity contribution in [3.8, 4) is 0 Å². The first kappa shape index (κ1) is 20.0. The summed E-state index contributed by atoms with van der Waals surface area (Å²) < 4.78 is 5.65. The molecule has 0 spiro atoms. The summed E-state index contributed by atoms with van der Waals surface area (Å²) in [6, 6.07) is 13.6. The van der Waals surface area contributed by atoms with E-state index in [2.05, 4.69) is 0 Å². The zero-order valence-corrected chi connectivity index (χ0v) is 13.0. The summed E-state index contributed by atoms with van der Waals surface area (Å²) in [4.78, 5) is 0. The Morgan fingerprint density at radius 1 is 0.722 bits per heavy atom. The van der Waals surface area contributed by atoms with Crippen molar-refractivity contribution in [2.75, 3.05) is 0 Å². The second-order valence-corrected chi connectivity index (χ2v) is 3.62. The minimum absolute atomic E-state index is 0. The molecule has 6 heteroatoms. The molecule has 0 atom stereocenters. The molecule has 3 aromatic rings. The average molecular weight is 348 g/mol. The van der Waals surface area contributed by atoms with Crippen molar-refractivity contribution >= 4 is 83.2 Å². The zero-order valence-electron chi connectivity index (χ0n) is 8.96. The number of rotatable bonds is 0. The molecular weight excluding hydrogens is 337 g/mol. The molecule has 1 aromatic heterocycles. The van der Waals surface area contributed by atoms with Crippen LogP contribution in [0.2, 0.25) is 5.02 Å². The van der Waals surface area contributed by atoms with E-state index >= 15 is 0 Å². The summed E-state index contributed by atoms with van der Waals surface area (Å²) in [5.74, 6) is 0. The van der Waals surface area contributed by atoms with Gasteiger partial charge in [-0.1, -0.05) is 35.9 Å². The summed E-state index contributed by atoms with van der Waals surface area (Å²) in [6.07, 6.45) is 0. The highest BCUT2D eigenvalue weighted by Gasteiger charge is 2.07. The summed E-state index contributed by atoms with van der Waals surface area (Å²) in [7, 11) is 0. The van der Waals surface area contributed by atoms with E-state index in [1.54, 1.807) is 0 Å². The van der Waals surface area contributed by atoms with Gasteiger partial charge >= 0.3 is 0 Å². The second-order valence-electron chi connectivity index (χ2n) is 3.21. The van der Waals surface area contributed by atoms with Crippen molar-refractivity contribution in [3.63, 3.8) is 0 Å². The van der Waals surface area contributed by atoms with Crippen molar-refractivity contribution in [1.29, 1.82) is 0 Å². The van der Waals surface area contributed by atoms with Crippen molar-refractivity contribution in [2.45, 2.75) is 0 Å². The number of hydrogen-bond acceptors (Lipinski definition) is 1. The largest absolute Gasteiger partial charge is 0.456 e. The van der Waals surface area contributed by atoms with Crippen LogP contribution >= 0.6 is 61.2 Å². The Bertz CT molecular complexity index is 620. The normalized spacial score (nSPS) is 8.72. The lowest BCUT2D eigenvalue weighted by atomic mass is 10.1. The van der Waals surface area contributed by atoms with Gasteiger partial charge in [0.25, 0.3) is 0 Å². The smallest absolute Gasteiger partial charge is 0.136 e. The molecule has 0 aliphatic rings. The van der Waals surface area contributed by atoms with Crippen LogP contribution in [-0.4, -0.2) is 0 Å². The van der Waals surface area contributed by atoms with Gasteiger partial charge in [-0.3, -0.25) is 0 Å². The van der Waals surface area contributed by atoms with Crippen LogP contribution < -0.4 is 0 Å². The van der Waals surface area contributed by atoms with Gasteiger partial charge in [-0.05, 0) is 18.2 Å². The van der Waals surface area contributed by atoms with Crippen LogP contribution in [0.25, 0.3) is 21.9 Å². The van der Waals surface area contributed by atoms with Crippen LogP contribution in [0.3, 0.4) is 0 Å². The van der Waals surface area contributed by atoms with Gasteiger partial charge in [0.05, 0.1) is 5.02 Å².